The van der Waals surface area contributed by atoms with Gasteiger partial charge in [0, 0.05) is 51.0 Å². The minimum absolute atomic E-state index is 0.0568. The molecule has 1 saturated carbocycles. The molecule has 2 N–H and O–H groups in total. The molecule has 4 fully saturated rings. The molecule has 5 aliphatic rings. The molecule has 4 heterocycles. The minimum Gasteiger partial charge on any atom is -0.359 e. The number of amides is 3. The van der Waals surface area contributed by atoms with Crippen LogP contribution in [0.25, 0.3) is 0 Å². The number of rotatable bonds is 11. The molecule has 2 bridgehead atoms. The first-order chi connectivity index (χ1) is 24.1. The van der Waals surface area contributed by atoms with Crippen LogP contribution in [0, 0.1) is 23.7 Å². The third kappa shape index (κ3) is 6.76. The Balaban J connectivity index is 1.05. The first-order valence-electron chi connectivity index (χ1n) is 19.0. The summed E-state index contributed by atoms with van der Waals surface area (Å²) in [5.41, 5.74) is 2.07. The first kappa shape index (κ1) is 34.9. The summed E-state index contributed by atoms with van der Waals surface area (Å²) in [4.78, 5) is 49.6. The first-order valence-corrected chi connectivity index (χ1v) is 19.0. The third-order valence-corrected chi connectivity index (χ3v) is 12.4. The van der Waals surface area contributed by atoms with Gasteiger partial charge in [-0.05, 0) is 60.4 Å². The standard InChI is InChI=1S/C41H55N5O4/c1-27(2)31-14-16-32(17-15-31)42-38(47)35-34-18-19-41(50-34)36(35)40(49)46(37(41)39(48)43-33-13-8-10-28(3)29(33)4)21-9-20-44-22-24-45(25-23-44)26-30-11-6-5-7-12-30/h5-7,11-12,14-19,27-29,33-37H,8-10,13,20-26H2,1-4H3,(H,42,47)(H,43,48). The number of piperazine rings is 1. The van der Waals surface area contributed by atoms with Crippen LogP contribution in [0.15, 0.2) is 66.7 Å². The summed E-state index contributed by atoms with van der Waals surface area (Å²) >= 11 is 0. The van der Waals surface area contributed by atoms with Crippen molar-refractivity contribution in [1.82, 2.24) is 20.0 Å². The van der Waals surface area contributed by atoms with Crippen LogP contribution in [-0.2, 0) is 25.7 Å². The lowest BCUT2D eigenvalue weighted by Crippen LogP contribution is -2.58. The van der Waals surface area contributed by atoms with Crippen molar-refractivity contribution in [1.29, 1.82) is 0 Å². The number of nitrogens with zero attached hydrogens (tertiary/aromatic N) is 3. The Hall–Kier alpha value is -3.53. The Kier molecular flexibility index (Phi) is 10.2. The van der Waals surface area contributed by atoms with Gasteiger partial charge in [-0.15, -0.1) is 0 Å². The summed E-state index contributed by atoms with van der Waals surface area (Å²) < 4.78 is 6.62. The van der Waals surface area contributed by atoms with E-state index in [9.17, 15) is 14.4 Å². The molecule has 9 heteroatoms. The molecule has 3 saturated heterocycles. The number of benzene rings is 2. The molecule has 2 aromatic rings. The van der Waals surface area contributed by atoms with Gasteiger partial charge in [-0.25, -0.2) is 0 Å². The normalized spacial score (nSPS) is 32.5. The molecule has 0 aromatic heterocycles. The van der Waals surface area contributed by atoms with E-state index in [4.69, 9.17) is 4.74 Å². The van der Waals surface area contributed by atoms with Crippen LogP contribution in [0.5, 0.6) is 0 Å². The van der Waals surface area contributed by atoms with Gasteiger partial charge in [-0.1, -0.05) is 95.2 Å². The fourth-order valence-electron chi connectivity index (χ4n) is 9.21. The van der Waals surface area contributed by atoms with Crippen LogP contribution in [-0.4, -0.2) is 95.5 Å². The SMILES string of the molecule is CC(C)c1ccc(NC(=O)C2C3C=CC4(O3)C2C(=O)N(CCCN2CCN(Cc3ccccc3)CC2)C4C(=O)NC2CCCC(C)C2C)cc1. The summed E-state index contributed by atoms with van der Waals surface area (Å²) in [5.74, 6) is -0.725. The van der Waals surface area contributed by atoms with Crippen molar-refractivity contribution in [2.75, 3.05) is 44.6 Å². The molecule has 268 valence electrons. The second-order valence-electron chi connectivity index (χ2n) is 15.8. The fourth-order valence-corrected chi connectivity index (χ4v) is 9.21. The Labute approximate surface area is 297 Å². The van der Waals surface area contributed by atoms with Crippen LogP contribution in [0.2, 0.25) is 0 Å². The van der Waals surface area contributed by atoms with E-state index in [1.807, 2.05) is 36.4 Å². The maximum atomic E-state index is 14.5. The maximum Gasteiger partial charge on any atom is 0.246 e. The number of carbonyl (C=O) groups excluding carboxylic acids is 3. The zero-order valence-corrected chi connectivity index (χ0v) is 30.2. The molecular weight excluding hydrogens is 626 g/mol. The van der Waals surface area contributed by atoms with Crippen molar-refractivity contribution in [2.24, 2.45) is 23.7 Å². The molecule has 3 amide bonds. The number of anilines is 1. The van der Waals surface area contributed by atoms with Gasteiger partial charge in [0.25, 0.3) is 0 Å². The number of fused-ring (bicyclic) bond motifs is 1. The van der Waals surface area contributed by atoms with Crippen LogP contribution in [0.4, 0.5) is 5.69 Å². The van der Waals surface area contributed by atoms with Crippen molar-refractivity contribution in [2.45, 2.75) is 89.6 Å². The molecule has 9 nitrogen and oxygen atoms in total. The smallest absolute Gasteiger partial charge is 0.246 e. The van der Waals surface area contributed by atoms with Crippen molar-refractivity contribution in [3.63, 3.8) is 0 Å². The molecule has 2 aromatic carbocycles. The molecule has 8 atom stereocenters. The number of likely N-dealkylation sites (tertiary alicyclic amines) is 1. The van der Waals surface area contributed by atoms with Gasteiger partial charge in [0.05, 0.1) is 17.9 Å². The van der Waals surface area contributed by atoms with Gasteiger partial charge in [0.1, 0.15) is 11.6 Å². The summed E-state index contributed by atoms with van der Waals surface area (Å²) in [6.07, 6.45) is 7.21. The summed E-state index contributed by atoms with van der Waals surface area (Å²) in [5, 5.41) is 6.45. The van der Waals surface area contributed by atoms with E-state index in [0.29, 0.717) is 30.0 Å². The number of carbonyl (C=O) groups is 3. The zero-order valence-electron chi connectivity index (χ0n) is 30.2. The zero-order chi connectivity index (χ0) is 35.0. The van der Waals surface area contributed by atoms with E-state index in [1.165, 1.54) is 17.5 Å². The Bertz CT molecular complexity index is 1550. The molecule has 1 aliphatic carbocycles. The van der Waals surface area contributed by atoms with E-state index in [0.717, 1.165) is 58.5 Å². The average Bonchev–Trinajstić information content (AvgIpc) is 3.75. The summed E-state index contributed by atoms with van der Waals surface area (Å²) in [6, 6.07) is 17.7. The Morgan fingerprint density at radius 3 is 2.36 bits per heavy atom. The summed E-state index contributed by atoms with van der Waals surface area (Å²) in [6.45, 7) is 15.0. The molecule has 4 aliphatic heterocycles. The Morgan fingerprint density at radius 1 is 0.920 bits per heavy atom. The number of hydrogen-bond donors (Lipinski definition) is 2. The lowest BCUT2D eigenvalue weighted by Gasteiger charge is -2.38. The van der Waals surface area contributed by atoms with E-state index < -0.39 is 29.6 Å². The van der Waals surface area contributed by atoms with Crippen molar-refractivity contribution in [3.8, 4) is 0 Å². The van der Waals surface area contributed by atoms with Gasteiger partial charge < -0.3 is 25.2 Å². The van der Waals surface area contributed by atoms with E-state index in [1.54, 1.807) is 4.90 Å². The van der Waals surface area contributed by atoms with Crippen molar-refractivity contribution >= 4 is 23.4 Å². The average molecular weight is 682 g/mol. The molecular formula is C41H55N5O4. The highest BCUT2D eigenvalue weighted by Gasteiger charge is 2.72. The van der Waals surface area contributed by atoms with Crippen LogP contribution >= 0.6 is 0 Å². The molecule has 7 rings (SSSR count). The second-order valence-corrected chi connectivity index (χ2v) is 15.8. The highest BCUT2D eigenvalue weighted by Crippen LogP contribution is 2.55. The van der Waals surface area contributed by atoms with Crippen LogP contribution < -0.4 is 10.6 Å². The lowest BCUT2D eigenvalue weighted by atomic mass is 9.73. The van der Waals surface area contributed by atoms with Gasteiger partial charge >= 0.3 is 0 Å². The minimum atomic E-state index is -1.15. The monoisotopic (exact) mass is 681 g/mol. The Morgan fingerprint density at radius 2 is 1.64 bits per heavy atom. The topological polar surface area (TPSA) is 94.2 Å². The van der Waals surface area contributed by atoms with E-state index in [-0.39, 0.29) is 23.8 Å². The van der Waals surface area contributed by atoms with Gasteiger partial charge in [0.15, 0.2) is 0 Å². The van der Waals surface area contributed by atoms with Gasteiger partial charge in [-0.2, -0.15) is 0 Å². The highest BCUT2D eigenvalue weighted by molar-refractivity contribution is 6.02. The number of ether oxygens (including phenoxy) is 1. The predicted molar refractivity (Wildman–Crippen MR) is 195 cm³/mol. The van der Waals surface area contributed by atoms with Gasteiger partial charge in [-0.3, -0.25) is 19.3 Å². The number of hydrogen-bond acceptors (Lipinski definition) is 6. The molecule has 8 unspecified atom stereocenters. The lowest BCUT2D eigenvalue weighted by molar-refractivity contribution is -0.141. The molecule has 0 radical (unpaired) electrons. The quantitative estimate of drug-likeness (QED) is 0.323. The summed E-state index contributed by atoms with van der Waals surface area (Å²) in [7, 11) is 0. The largest absolute Gasteiger partial charge is 0.359 e. The maximum absolute atomic E-state index is 14.5. The van der Waals surface area contributed by atoms with Crippen molar-refractivity contribution in [3.05, 3.63) is 77.9 Å². The van der Waals surface area contributed by atoms with Crippen molar-refractivity contribution < 1.29 is 19.1 Å². The van der Waals surface area contributed by atoms with E-state index in [2.05, 4.69) is 78.5 Å². The van der Waals surface area contributed by atoms with Gasteiger partial charge in [0.2, 0.25) is 17.7 Å². The van der Waals surface area contributed by atoms with Crippen LogP contribution in [0.3, 0.4) is 0 Å². The molecule has 50 heavy (non-hydrogen) atoms. The molecule has 1 spiro atoms. The van der Waals surface area contributed by atoms with E-state index >= 15 is 0 Å². The predicted octanol–water partition coefficient (Wildman–Crippen LogP) is 5.05. The number of nitrogens with one attached hydrogen (secondary N) is 2. The fraction of sp³-hybridized carbons (Fsp3) is 0.585. The highest BCUT2D eigenvalue weighted by atomic mass is 16.5. The third-order valence-electron chi connectivity index (χ3n) is 12.4. The second kappa shape index (κ2) is 14.6. The van der Waals surface area contributed by atoms with Crippen LogP contribution in [0.1, 0.15) is 70.4 Å².